The normalized spacial score (nSPS) is 23.9. The highest BCUT2D eigenvalue weighted by Crippen LogP contribution is 2.31. The number of hydrogen-bond donors (Lipinski definition) is 3. The number of anilines is 3. The fraction of sp³-hybridized carbons (Fsp3) is 0.476. The number of aliphatic hydroxyl groups excluding tert-OH is 1. The maximum Gasteiger partial charge on any atom is 0.224 e. The molecule has 1 saturated carbocycles. The van der Waals surface area contributed by atoms with Crippen LogP contribution in [0.15, 0.2) is 24.4 Å². The van der Waals surface area contributed by atoms with Gasteiger partial charge in [0, 0.05) is 18.7 Å². The highest BCUT2D eigenvalue weighted by atomic mass is 19.1. The number of rotatable bonds is 5. The summed E-state index contributed by atoms with van der Waals surface area (Å²) in [6.45, 7) is 1.12. The van der Waals surface area contributed by atoms with Gasteiger partial charge in [-0.3, -0.25) is 4.57 Å². The molecule has 3 N–H and O–H groups in total. The fourth-order valence-electron chi connectivity index (χ4n) is 4.23. The van der Waals surface area contributed by atoms with E-state index in [2.05, 4.69) is 20.6 Å². The maximum absolute atomic E-state index is 14.2. The molecule has 2 aromatic heterocycles. The zero-order valence-electron chi connectivity index (χ0n) is 16.9. The maximum atomic E-state index is 14.2. The van der Waals surface area contributed by atoms with E-state index in [0.29, 0.717) is 36.3 Å². The summed E-state index contributed by atoms with van der Waals surface area (Å²) in [5, 5.41) is 16.1. The summed E-state index contributed by atoms with van der Waals surface area (Å²) >= 11 is 0. The number of nitrogens with zero attached hydrogens (tertiary/aromatic N) is 4. The van der Waals surface area contributed by atoms with Crippen LogP contribution in [0.25, 0.3) is 11.2 Å². The average Bonchev–Trinajstić information content (AvgIpc) is 3.39. The van der Waals surface area contributed by atoms with Gasteiger partial charge < -0.3 is 20.5 Å². The molecule has 0 spiro atoms. The van der Waals surface area contributed by atoms with Crippen molar-refractivity contribution in [2.45, 2.75) is 50.3 Å². The lowest BCUT2D eigenvalue weighted by Crippen LogP contribution is -2.29. The van der Waals surface area contributed by atoms with Crippen molar-refractivity contribution in [2.75, 3.05) is 23.8 Å². The van der Waals surface area contributed by atoms with E-state index in [4.69, 9.17) is 9.72 Å². The highest BCUT2D eigenvalue weighted by Gasteiger charge is 2.26. The molecule has 1 aromatic carbocycles. The van der Waals surface area contributed by atoms with Crippen LogP contribution >= 0.6 is 0 Å². The van der Waals surface area contributed by atoms with E-state index in [1.54, 1.807) is 6.20 Å². The Kier molecular flexibility index (Phi) is 5.41. The minimum Gasteiger partial charge on any atom is -0.393 e. The van der Waals surface area contributed by atoms with Crippen LogP contribution in [0.1, 0.15) is 38.1 Å². The summed E-state index contributed by atoms with van der Waals surface area (Å²) in [6, 6.07) is 3.56. The molecule has 31 heavy (non-hydrogen) atoms. The molecule has 0 radical (unpaired) electrons. The second-order valence-corrected chi connectivity index (χ2v) is 8.12. The second-order valence-electron chi connectivity index (χ2n) is 8.12. The van der Waals surface area contributed by atoms with E-state index in [0.717, 1.165) is 38.2 Å². The molecule has 1 saturated heterocycles. The van der Waals surface area contributed by atoms with Gasteiger partial charge in [-0.05, 0) is 44.2 Å². The molecule has 2 aliphatic rings. The molecule has 2 fully saturated rings. The van der Waals surface area contributed by atoms with Gasteiger partial charge in [0.05, 0.1) is 30.6 Å². The molecule has 3 aromatic rings. The van der Waals surface area contributed by atoms with Crippen molar-refractivity contribution in [1.82, 2.24) is 19.5 Å². The number of imidazole rings is 1. The second kappa shape index (κ2) is 8.35. The molecule has 1 aliphatic heterocycles. The Morgan fingerprint density at radius 1 is 1.10 bits per heavy atom. The fourth-order valence-corrected chi connectivity index (χ4v) is 4.23. The van der Waals surface area contributed by atoms with E-state index >= 15 is 0 Å². The van der Waals surface area contributed by atoms with Crippen LogP contribution in [0.4, 0.5) is 26.4 Å². The van der Waals surface area contributed by atoms with Crippen LogP contribution < -0.4 is 10.6 Å². The van der Waals surface area contributed by atoms with Crippen molar-refractivity contribution < 1.29 is 18.6 Å². The van der Waals surface area contributed by atoms with Gasteiger partial charge in [0.1, 0.15) is 17.2 Å². The third kappa shape index (κ3) is 4.17. The smallest absolute Gasteiger partial charge is 0.224 e. The van der Waals surface area contributed by atoms with Crippen LogP contribution in [0.5, 0.6) is 0 Å². The summed E-state index contributed by atoms with van der Waals surface area (Å²) < 4.78 is 35.0. The van der Waals surface area contributed by atoms with Crippen molar-refractivity contribution in [3.63, 3.8) is 0 Å². The van der Waals surface area contributed by atoms with Gasteiger partial charge in [0.25, 0.3) is 0 Å². The van der Waals surface area contributed by atoms with Crippen molar-refractivity contribution in [3.05, 3.63) is 36.0 Å². The number of nitrogens with one attached hydrogen (secondary N) is 2. The number of hydrogen-bond acceptors (Lipinski definition) is 7. The average molecular weight is 430 g/mol. The molecule has 1 aliphatic carbocycles. The van der Waals surface area contributed by atoms with Crippen LogP contribution in [-0.4, -0.2) is 50.0 Å². The van der Waals surface area contributed by atoms with Gasteiger partial charge >= 0.3 is 0 Å². The Labute approximate surface area is 177 Å². The monoisotopic (exact) mass is 430 g/mol. The molecule has 0 amide bonds. The minimum atomic E-state index is -0.700. The predicted octanol–water partition coefficient (Wildman–Crippen LogP) is 3.52. The topological polar surface area (TPSA) is 97.1 Å². The molecule has 10 heteroatoms. The Balaban J connectivity index is 1.49. The van der Waals surface area contributed by atoms with Gasteiger partial charge in [0.2, 0.25) is 11.9 Å². The summed E-state index contributed by atoms with van der Waals surface area (Å²) in [5.74, 6) is -0.441. The number of ether oxygens (including phenoxy) is 1. The van der Waals surface area contributed by atoms with Gasteiger partial charge in [-0.25, -0.2) is 18.7 Å². The van der Waals surface area contributed by atoms with Crippen molar-refractivity contribution >= 4 is 28.7 Å². The van der Waals surface area contributed by atoms with E-state index in [1.165, 1.54) is 12.1 Å². The first-order chi connectivity index (χ1) is 15.1. The lowest BCUT2D eigenvalue weighted by molar-refractivity contribution is 0.126. The molecular weight excluding hydrogens is 406 g/mol. The highest BCUT2D eigenvalue weighted by molar-refractivity contribution is 5.76. The number of halogens is 2. The van der Waals surface area contributed by atoms with Crippen LogP contribution in [0.2, 0.25) is 0 Å². The zero-order valence-corrected chi connectivity index (χ0v) is 16.9. The van der Waals surface area contributed by atoms with E-state index < -0.39 is 11.6 Å². The van der Waals surface area contributed by atoms with Crippen molar-refractivity contribution in [1.29, 1.82) is 0 Å². The molecule has 8 nitrogen and oxygen atoms in total. The first-order valence-corrected chi connectivity index (χ1v) is 10.6. The molecular formula is C21H24F2N6O2. The van der Waals surface area contributed by atoms with Crippen LogP contribution in [0, 0.1) is 11.6 Å². The van der Waals surface area contributed by atoms with E-state index in [-0.39, 0.29) is 23.9 Å². The van der Waals surface area contributed by atoms with Gasteiger partial charge in [-0.2, -0.15) is 4.98 Å². The quantitative estimate of drug-likeness (QED) is 0.570. The first kappa shape index (κ1) is 20.1. The van der Waals surface area contributed by atoms with Gasteiger partial charge in [-0.1, -0.05) is 0 Å². The number of aliphatic hydroxyl groups is 1. The lowest BCUT2D eigenvalue weighted by Gasteiger charge is -2.26. The van der Waals surface area contributed by atoms with Crippen LogP contribution in [0.3, 0.4) is 0 Å². The SMILES string of the molecule is O[C@H]1CC[C@H](Nc2ncc3nc(Nc4ccc(F)cc4F)n([C@@H]4CCOC4)c3n2)CC1. The molecule has 164 valence electrons. The molecule has 0 bridgehead atoms. The van der Waals surface area contributed by atoms with Crippen molar-refractivity contribution in [3.8, 4) is 0 Å². The Hall–Kier alpha value is -2.85. The Morgan fingerprint density at radius 2 is 1.94 bits per heavy atom. The summed E-state index contributed by atoms with van der Waals surface area (Å²) in [7, 11) is 0. The summed E-state index contributed by atoms with van der Waals surface area (Å²) in [5.41, 5.74) is 1.32. The zero-order chi connectivity index (χ0) is 21.4. The Morgan fingerprint density at radius 3 is 2.68 bits per heavy atom. The number of benzene rings is 1. The Bertz CT molecular complexity index is 1080. The number of fused-ring (bicyclic) bond motifs is 1. The van der Waals surface area contributed by atoms with Gasteiger partial charge in [0.15, 0.2) is 5.65 Å². The lowest BCUT2D eigenvalue weighted by atomic mass is 9.93. The number of aromatic nitrogens is 4. The minimum absolute atomic E-state index is 0.0106. The largest absolute Gasteiger partial charge is 0.393 e. The van der Waals surface area contributed by atoms with Crippen LogP contribution in [-0.2, 0) is 4.74 Å². The van der Waals surface area contributed by atoms with Crippen molar-refractivity contribution in [2.24, 2.45) is 0 Å². The van der Waals surface area contributed by atoms with Gasteiger partial charge in [-0.15, -0.1) is 0 Å². The predicted molar refractivity (Wildman–Crippen MR) is 111 cm³/mol. The first-order valence-electron chi connectivity index (χ1n) is 10.6. The standard InChI is InChI=1S/C21H24F2N6O2/c22-12-1-6-17(16(23)9-12)26-21-27-18-10-24-20(25-13-2-4-15(30)5-3-13)28-19(18)29(21)14-7-8-31-11-14/h1,6,9-10,13-15,30H,2-5,7-8,11H2,(H,26,27)(H,24,25,28)/t13-,14-,15-/m1/s1. The molecule has 1 atom stereocenters. The van der Waals surface area contributed by atoms with E-state index in [9.17, 15) is 13.9 Å². The molecule has 0 unspecified atom stereocenters. The van der Waals surface area contributed by atoms with E-state index in [1.807, 2.05) is 4.57 Å². The third-order valence-electron chi connectivity index (χ3n) is 5.91. The molecule has 3 heterocycles. The summed E-state index contributed by atoms with van der Waals surface area (Å²) in [6.07, 6.45) is 5.42. The summed E-state index contributed by atoms with van der Waals surface area (Å²) in [4.78, 5) is 13.7. The third-order valence-corrected chi connectivity index (χ3v) is 5.91. The molecule has 5 rings (SSSR count).